The van der Waals surface area contributed by atoms with E-state index < -0.39 is 6.10 Å². The molecule has 0 spiro atoms. The van der Waals surface area contributed by atoms with Crippen molar-refractivity contribution in [3.63, 3.8) is 0 Å². The first-order valence-electron chi connectivity index (χ1n) is 8.15. The molecule has 1 unspecified atom stereocenters. The molecule has 1 heterocycles. The van der Waals surface area contributed by atoms with Crippen LogP contribution in [0.2, 0.25) is 0 Å². The van der Waals surface area contributed by atoms with Crippen LogP contribution in [0.4, 0.5) is 4.79 Å². The SMILES string of the molecule is C=CCCOC(C)C(=O)N1CCN(C(=O)Oc2ccccc2)CC1. The highest BCUT2D eigenvalue weighted by Gasteiger charge is 2.28. The Labute approximate surface area is 142 Å². The Hall–Kier alpha value is -2.34. The molecule has 1 aliphatic heterocycles. The van der Waals surface area contributed by atoms with E-state index in [-0.39, 0.29) is 12.0 Å². The lowest BCUT2D eigenvalue weighted by molar-refractivity contribution is -0.144. The zero-order chi connectivity index (χ0) is 17.4. The molecule has 2 rings (SSSR count). The molecule has 0 N–H and O–H groups in total. The first-order valence-corrected chi connectivity index (χ1v) is 8.15. The second kappa shape index (κ2) is 9.08. The molecule has 0 bridgehead atoms. The van der Waals surface area contributed by atoms with Gasteiger partial charge in [0.25, 0.3) is 5.91 Å². The molecule has 1 atom stereocenters. The van der Waals surface area contributed by atoms with Gasteiger partial charge in [-0.25, -0.2) is 4.79 Å². The summed E-state index contributed by atoms with van der Waals surface area (Å²) in [5, 5.41) is 0. The third-order valence-corrected chi connectivity index (χ3v) is 3.84. The van der Waals surface area contributed by atoms with Gasteiger partial charge in [-0.3, -0.25) is 4.79 Å². The molecule has 0 aromatic heterocycles. The second-order valence-electron chi connectivity index (χ2n) is 5.58. The molecule has 1 aliphatic rings. The molecule has 1 aromatic carbocycles. The minimum Gasteiger partial charge on any atom is -0.410 e. The summed E-state index contributed by atoms with van der Waals surface area (Å²) in [6.07, 6.45) is 1.61. The Balaban J connectivity index is 1.77. The predicted molar refractivity (Wildman–Crippen MR) is 90.8 cm³/mol. The van der Waals surface area contributed by atoms with Crippen molar-refractivity contribution in [2.75, 3.05) is 32.8 Å². The molecule has 1 aromatic rings. The minimum atomic E-state index is -0.479. The van der Waals surface area contributed by atoms with Crippen LogP contribution in [0.15, 0.2) is 43.0 Å². The Kier molecular flexibility index (Phi) is 6.81. The van der Waals surface area contributed by atoms with Gasteiger partial charge in [-0.05, 0) is 25.5 Å². The van der Waals surface area contributed by atoms with Crippen LogP contribution < -0.4 is 4.74 Å². The average Bonchev–Trinajstić information content (AvgIpc) is 2.62. The number of amides is 2. The standard InChI is InChI=1S/C18H24N2O4/c1-3-4-14-23-15(2)17(21)19-10-12-20(13-11-19)18(22)24-16-8-6-5-7-9-16/h3,5-9,15H,1,4,10-14H2,2H3. The van der Waals surface area contributed by atoms with E-state index in [1.807, 2.05) is 18.2 Å². The monoisotopic (exact) mass is 332 g/mol. The summed E-state index contributed by atoms with van der Waals surface area (Å²) in [5.41, 5.74) is 0. The van der Waals surface area contributed by atoms with E-state index in [0.717, 1.165) is 6.42 Å². The van der Waals surface area contributed by atoms with Gasteiger partial charge in [-0.2, -0.15) is 0 Å². The van der Waals surface area contributed by atoms with Crippen LogP contribution in [-0.2, 0) is 9.53 Å². The normalized spacial score (nSPS) is 15.7. The highest BCUT2D eigenvalue weighted by molar-refractivity contribution is 5.81. The molecule has 0 saturated carbocycles. The van der Waals surface area contributed by atoms with Gasteiger partial charge in [-0.15, -0.1) is 6.58 Å². The Morgan fingerprint density at radius 2 is 1.79 bits per heavy atom. The van der Waals surface area contributed by atoms with Gasteiger partial charge in [-0.1, -0.05) is 24.3 Å². The van der Waals surface area contributed by atoms with Crippen molar-refractivity contribution in [1.82, 2.24) is 9.80 Å². The molecular weight excluding hydrogens is 308 g/mol. The highest BCUT2D eigenvalue weighted by Crippen LogP contribution is 2.12. The van der Waals surface area contributed by atoms with Crippen LogP contribution in [0, 0.1) is 0 Å². The average molecular weight is 332 g/mol. The summed E-state index contributed by atoms with van der Waals surface area (Å²) in [6.45, 7) is 7.74. The summed E-state index contributed by atoms with van der Waals surface area (Å²) in [5.74, 6) is 0.473. The molecule has 1 fully saturated rings. The molecule has 0 radical (unpaired) electrons. The van der Waals surface area contributed by atoms with Crippen LogP contribution in [0.3, 0.4) is 0 Å². The van der Waals surface area contributed by atoms with Crippen LogP contribution in [-0.4, -0.2) is 60.7 Å². The Morgan fingerprint density at radius 3 is 2.42 bits per heavy atom. The fourth-order valence-corrected chi connectivity index (χ4v) is 2.42. The van der Waals surface area contributed by atoms with Crippen molar-refractivity contribution in [3.05, 3.63) is 43.0 Å². The lowest BCUT2D eigenvalue weighted by atomic mass is 10.2. The van der Waals surface area contributed by atoms with Crippen molar-refractivity contribution in [3.8, 4) is 5.75 Å². The smallest absolute Gasteiger partial charge is 0.410 e. The highest BCUT2D eigenvalue weighted by atomic mass is 16.6. The fraction of sp³-hybridized carbons (Fsp3) is 0.444. The summed E-state index contributed by atoms with van der Waals surface area (Å²) in [4.78, 5) is 27.8. The molecule has 6 heteroatoms. The van der Waals surface area contributed by atoms with E-state index in [0.29, 0.717) is 38.5 Å². The van der Waals surface area contributed by atoms with Crippen molar-refractivity contribution in [2.24, 2.45) is 0 Å². The van der Waals surface area contributed by atoms with E-state index in [2.05, 4.69) is 6.58 Å². The Bertz CT molecular complexity index is 553. The van der Waals surface area contributed by atoms with Crippen LogP contribution in [0.25, 0.3) is 0 Å². The van der Waals surface area contributed by atoms with E-state index in [1.165, 1.54) is 0 Å². The quantitative estimate of drug-likeness (QED) is 0.592. The van der Waals surface area contributed by atoms with Gasteiger partial charge < -0.3 is 19.3 Å². The number of piperazine rings is 1. The number of hydrogen-bond donors (Lipinski definition) is 0. The molecular formula is C18H24N2O4. The van der Waals surface area contributed by atoms with Gasteiger partial charge >= 0.3 is 6.09 Å². The zero-order valence-electron chi connectivity index (χ0n) is 14.0. The van der Waals surface area contributed by atoms with Crippen molar-refractivity contribution in [1.29, 1.82) is 0 Å². The van der Waals surface area contributed by atoms with Crippen molar-refractivity contribution in [2.45, 2.75) is 19.4 Å². The number of ether oxygens (including phenoxy) is 2. The minimum absolute atomic E-state index is 0.0462. The zero-order valence-corrected chi connectivity index (χ0v) is 14.0. The van der Waals surface area contributed by atoms with Crippen LogP contribution >= 0.6 is 0 Å². The van der Waals surface area contributed by atoms with Gasteiger partial charge in [0.1, 0.15) is 11.9 Å². The molecule has 130 valence electrons. The lowest BCUT2D eigenvalue weighted by Crippen LogP contribution is -2.53. The summed E-state index contributed by atoms with van der Waals surface area (Å²) >= 11 is 0. The molecule has 24 heavy (non-hydrogen) atoms. The van der Waals surface area contributed by atoms with Crippen molar-refractivity contribution < 1.29 is 19.1 Å². The number of para-hydroxylation sites is 1. The number of rotatable bonds is 6. The van der Waals surface area contributed by atoms with Gasteiger partial charge in [0, 0.05) is 26.2 Å². The van der Waals surface area contributed by atoms with E-state index in [1.54, 1.807) is 34.9 Å². The number of nitrogens with zero attached hydrogens (tertiary/aromatic N) is 2. The maximum absolute atomic E-state index is 12.3. The first kappa shape index (κ1) is 18.0. The van der Waals surface area contributed by atoms with Gasteiger partial charge in [0.2, 0.25) is 0 Å². The number of carbonyl (C=O) groups is 2. The lowest BCUT2D eigenvalue weighted by Gasteiger charge is -2.35. The maximum atomic E-state index is 12.3. The predicted octanol–water partition coefficient (Wildman–Crippen LogP) is 2.31. The summed E-state index contributed by atoms with van der Waals surface area (Å²) < 4.78 is 10.8. The number of benzene rings is 1. The van der Waals surface area contributed by atoms with Crippen LogP contribution in [0.5, 0.6) is 5.75 Å². The topological polar surface area (TPSA) is 59.1 Å². The third kappa shape index (κ3) is 5.09. The second-order valence-corrected chi connectivity index (χ2v) is 5.58. The van der Waals surface area contributed by atoms with Gasteiger partial charge in [0.15, 0.2) is 0 Å². The van der Waals surface area contributed by atoms with Gasteiger partial charge in [0.05, 0.1) is 6.61 Å². The first-order chi connectivity index (χ1) is 11.6. The number of hydrogen-bond acceptors (Lipinski definition) is 4. The summed E-state index contributed by atoms with van der Waals surface area (Å²) in [6, 6.07) is 8.96. The van der Waals surface area contributed by atoms with Crippen LogP contribution in [0.1, 0.15) is 13.3 Å². The molecule has 2 amide bonds. The Morgan fingerprint density at radius 1 is 1.17 bits per heavy atom. The molecule has 6 nitrogen and oxygen atoms in total. The summed E-state index contributed by atoms with van der Waals surface area (Å²) in [7, 11) is 0. The largest absolute Gasteiger partial charge is 0.415 e. The molecule has 1 saturated heterocycles. The van der Waals surface area contributed by atoms with Crippen molar-refractivity contribution >= 4 is 12.0 Å². The number of carbonyl (C=O) groups excluding carboxylic acids is 2. The third-order valence-electron chi connectivity index (χ3n) is 3.84. The van der Waals surface area contributed by atoms with E-state index in [4.69, 9.17) is 9.47 Å². The fourth-order valence-electron chi connectivity index (χ4n) is 2.42. The van der Waals surface area contributed by atoms with E-state index in [9.17, 15) is 9.59 Å². The molecule has 0 aliphatic carbocycles. The maximum Gasteiger partial charge on any atom is 0.415 e. The van der Waals surface area contributed by atoms with E-state index >= 15 is 0 Å².